The van der Waals surface area contributed by atoms with Crippen LogP contribution in [-0.2, 0) is 0 Å². The zero-order valence-electron chi connectivity index (χ0n) is 4.49. The standard InChI is InChI=1S/C5Cl3NS/c6-3-2(1-9)4(7)10-5(3)8. The minimum Gasteiger partial charge on any atom is -0.192 e. The molecule has 5 heteroatoms. The van der Waals surface area contributed by atoms with Gasteiger partial charge in [0.1, 0.15) is 20.3 Å². The molecule has 0 amide bonds. The van der Waals surface area contributed by atoms with Gasteiger partial charge < -0.3 is 0 Å². The normalized spacial score (nSPS) is 9.40. The van der Waals surface area contributed by atoms with Gasteiger partial charge in [-0.3, -0.25) is 0 Å². The minimum absolute atomic E-state index is 0.249. The maximum Gasteiger partial charge on any atom is 0.114 e. The predicted octanol–water partition coefficient (Wildman–Crippen LogP) is 3.58. The molecule has 0 saturated heterocycles. The van der Waals surface area contributed by atoms with Gasteiger partial charge in [0.05, 0.1) is 5.02 Å². The van der Waals surface area contributed by atoms with Crippen LogP contribution in [-0.4, -0.2) is 0 Å². The Kier molecular flexibility index (Phi) is 2.43. The van der Waals surface area contributed by atoms with E-state index in [4.69, 9.17) is 40.1 Å². The van der Waals surface area contributed by atoms with E-state index in [0.29, 0.717) is 8.67 Å². The summed E-state index contributed by atoms with van der Waals surface area (Å²) in [5.41, 5.74) is 0.262. The van der Waals surface area contributed by atoms with Crippen LogP contribution in [0, 0.1) is 11.3 Å². The SMILES string of the molecule is N#Cc1c(Cl)sc(Cl)c1Cl. The van der Waals surface area contributed by atoms with Gasteiger partial charge in [0.15, 0.2) is 0 Å². The van der Waals surface area contributed by atoms with E-state index < -0.39 is 0 Å². The lowest BCUT2D eigenvalue weighted by Gasteiger charge is -1.80. The minimum atomic E-state index is 0.249. The van der Waals surface area contributed by atoms with Gasteiger partial charge in [0.25, 0.3) is 0 Å². The van der Waals surface area contributed by atoms with Gasteiger partial charge >= 0.3 is 0 Å². The molecule has 1 heterocycles. The molecular weight excluding hydrogens is 212 g/mol. The molecule has 0 radical (unpaired) electrons. The molecule has 0 aliphatic rings. The molecule has 1 aromatic rings. The second-order valence-electron chi connectivity index (χ2n) is 1.45. The smallest absolute Gasteiger partial charge is 0.114 e. The Hall–Kier alpha value is 0.0600. The third-order valence-electron chi connectivity index (χ3n) is 0.880. The van der Waals surface area contributed by atoms with Gasteiger partial charge in [0, 0.05) is 0 Å². The van der Waals surface area contributed by atoms with Gasteiger partial charge in [-0.15, -0.1) is 11.3 Å². The first-order valence-electron chi connectivity index (χ1n) is 2.20. The lowest BCUT2D eigenvalue weighted by Crippen LogP contribution is -1.66. The quantitative estimate of drug-likeness (QED) is 0.645. The molecule has 0 unspecified atom stereocenters. The molecule has 1 aromatic heterocycles. The monoisotopic (exact) mass is 211 g/mol. The highest BCUT2D eigenvalue weighted by atomic mass is 35.5. The average Bonchev–Trinajstić information content (AvgIpc) is 2.09. The summed E-state index contributed by atoms with van der Waals surface area (Å²) in [4.78, 5) is 0. The Bertz CT molecular complexity index is 299. The Morgan fingerprint density at radius 1 is 1.20 bits per heavy atom. The summed E-state index contributed by atoms with van der Waals surface area (Å²) in [6.07, 6.45) is 0. The van der Waals surface area contributed by atoms with E-state index >= 15 is 0 Å². The summed E-state index contributed by atoms with van der Waals surface area (Å²) in [7, 11) is 0. The van der Waals surface area contributed by atoms with E-state index in [2.05, 4.69) is 0 Å². The molecule has 1 rings (SSSR count). The van der Waals surface area contributed by atoms with E-state index in [1.807, 2.05) is 6.07 Å². The highest BCUT2D eigenvalue weighted by Gasteiger charge is 2.12. The van der Waals surface area contributed by atoms with Crippen LogP contribution in [0.1, 0.15) is 5.56 Å². The molecule has 0 aromatic carbocycles. The van der Waals surface area contributed by atoms with Crippen molar-refractivity contribution in [3.05, 3.63) is 19.3 Å². The number of hydrogen-bond donors (Lipinski definition) is 0. The van der Waals surface area contributed by atoms with Crippen LogP contribution < -0.4 is 0 Å². The predicted molar refractivity (Wildman–Crippen MR) is 44.1 cm³/mol. The molecule has 0 bridgehead atoms. The van der Waals surface area contributed by atoms with Crippen molar-refractivity contribution in [2.24, 2.45) is 0 Å². The number of nitrogens with zero attached hydrogens (tertiary/aromatic N) is 1. The topological polar surface area (TPSA) is 23.8 Å². The molecule has 0 atom stereocenters. The molecule has 1 nitrogen and oxygen atoms in total. The summed E-state index contributed by atoms with van der Waals surface area (Å²) < 4.78 is 0.709. The largest absolute Gasteiger partial charge is 0.192 e. The highest BCUT2D eigenvalue weighted by Crippen LogP contribution is 2.39. The summed E-state index contributed by atoms with van der Waals surface area (Å²) in [5.74, 6) is 0. The van der Waals surface area contributed by atoms with Crippen molar-refractivity contribution < 1.29 is 0 Å². The van der Waals surface area contributed by atoms with Gasteiger partial charge in [-0.05, 0) is 0 Å². The van der Waals surface area contributed by atoms with Crippen molar-refractivity contribution in [1.82, 2.24) is 0 Å². The van der Waals surface area contributed by atoms with E-state index in [0.717, 1.165) is 11.3 Å². The molecular formula is C5Cl3NS. The molecule has 0 fully saturated rings. The fraction of sp³-hybridized carbons (Fsp3) is 0. The van der Waals surface area contributed by atoms with Crippen LogP contribution in [0.4, 0.5) is 0 Å². The van der Waals surface area contributed by atoms with Crippen LogP contribution in [0.15, 0.2) is 0 Å². The molecule has 0 spiro atoms. The van der Waals surface area contributed by atoms with Gasteiger partial charge in [-0.25, -0.2) is 0 Å². The lowest BCUT2D eigenvalue weighted by atomic mass is 10.4. The van der Waals surface area contributed by atoms with Crippen molar-refractivity contribution in [2.45, 2.75) is 0 Å². The Morgan fingerprint density at radius 2 is 1.80 bits per heavy atom. The molecule has 52 valence electrons. The molecule has 0 aliphatic carbocycles. The van der Waals surface area contributed by atoms with Gasteiger partial charge in [-0.1, -0.05) is 34.8 Å². The van der Waals surface area contributed by atoms with Crippen LogP contribution in [0.2, 0.25) is 13.7 Å². The van der Waals surface area contributed by atoms with Crippen molar-refractivity contribution in [2.75, 3.05) is 0 Å². The van der Waals surface area contributed by atoms with Crippen molar-refractivity contribution in [1.29, 1.82) is 5.26 Å². The van der Waals surface area contributed by atoms with Gasteiger partial charge in [0.2, 0.25) is 0 Å². The molecule has 0 saturated carbocycles. The molecule has 0 aliphatic heterocycles. The van der Waals surface area contributed by atoms with Crippen LogP contribution in [0.3, 0.4) is 0 Å². The fourth-order valence-electron chi connectivity index (χ4n) is 0.452. The van der Waals surface area contributed by atoms with Crippen LogP contribution in [0.5, 0.6) is 0 Å². The Labute approximate surface area is 76.7 Å². The van der Waals surface area contributed by atoms with E-state index in [9.17, 15) is 0 Å². The third kappa shape index (κ3) is 1.23. The number of thiophene rings is 1. The zero-order chi connectivity index (χ0) is 7.72. The highest BCUT2D eigenvalue weighted by molar-refractivity contribution is 7.20. The Morgan fingerprint density at radius 3 is 2.00 bits per heavy atom. The van der Waals surface area contributed by atoms with Crippen molar-refractivity contribution >= 4 is 46.1 Å². The first-order valence-corrected chi connectivity index (χ1v) is 4.15. The number of halogens is 3. The van der Waals surface area contributed by atoms with Gasteiger partial charge in [-0.2, -0.15) is 5.26 Å². The zero-order valence-corrected chi connectivity index (χ0v) is 7.57. The van der Waals surface area contributed by atoms with Crippen molar-refractivity contribution in [3.63, 3.8) is 0 Å². The number of hydrogen-bond acceptors (Lipinski definition) is 2. The number of rotatable bonds is 0. The van der Waals surface area contributed by atoms with E-state index in [-0.39, 0.29) is 10.6 Å². The number of nitriles is 1. The van der Waals surface area contributed by atoms with Crippen molar-refractivity contribution in [3.8, 4) is 6.07 Å². The summed E-state index contributed by atoms with van der Waals surface area (Å²) in [5, 5.41) is 8.69. The summed E-state index contributed by atoms with van der Waals surface area (Å²) >= 11 is 17.8. The molecule has 0 N–H and O–H groups in total. The second kappa shape index (κ2) is 2.98. The average molecular weight is 212 g/mol. The first kappa shape index (κ1) is 8.16. The maximum atomic E-state index is 8.44. The summed E-state index contributed by atoms with van der Waals surface area (Å²) in [6.45, 7) is 0. The molecule has 10 heavy (non-hydrogen) atoms. The first-order chi connectivity index (χ1) is 4.66. The maximum absolute atomic E-state index is 8.44. The third-order valence-corrected chi connectivity index (χ3v) is 3.07. The van der Waals surface area contributed by atoms with E-state index in [1.165, 1.54) is 0 Å². The van der Waals surface area contributed by atoms with E-state index in [1.54, 1.807) is 0 Å². The van der Waals surface area contributed by atoms with Crippen LogP contribution in [0.25, 0.3) is 0 Å². The lowest BCUT2D eigenvalue weighted by molar-refractivity contribution is 1.51. The summed E-state index contributed by atoms with van der Waals surface area (Å²) in [6, 6.07) is 1.85. The fourth-order valence-corrected chi connectivity index (χ4v) is 2.22. The van der Waals surface area contributed by atoms with Crippen LogP contribution >= 0.6 is 46.1 Å². The Balaban J connectivity index is 3.37. The second-order valence-corrected chi connectivity index (χ2v) is 4.05.